The number of carbonyl (C=O) groups is 4. The molecule has 0 unspecified atom stereocenters. The molecule has 0 radical (unpaired) electrons. The van der Waals surface area contributed by atoms with Crippen molar-refractivity contribution in [3.05, 3.63) is 167 Å². The number of nitrogens with zero attached hydrogens (tertiary/aromatic N) is 2. The predicted molar refractivity (Wildman–Crippen MR) is 243 cm³/mol. The lowest BCUT2D eigenvalue weighted by molar-refractivity contribution is -0.178. The van der Waals surface area contributed by atoms with E-state index in [1.807, 2.05) is 103 Å². The average Bonchev–Trinajstić information content (AvgIpc) is 3.67. The first kappa shape index (κ1) is 43.5. The summed E-state index contributed by atoms with van der Waals surface area (Å²) in [6, 6.07) is 35.6. The molecule has 5 N–H and O–H groups in total. The summed E-state index contributed by atoms with van der Waals surface area (Å²) >= 11 is 0. The molecule has 5 aromatic carbocycles. The Hall–Kier alpha value is -6.78. The van der Waals surface area contributed by atoms with Gasteiger partial charge in [0.1, 0.15) is 35.5 Å². The molecule has 5 aromatic rings. The molecule has 3 fully saturated rings. The van der Waals surface area contributed by atoms with Gasteiger partial charge in [-0.05, 0) is 90.8 Å². The van der Waals surface area contributed by atoms with Gasteiger partial charge in [0.05, 0.1) is 36.3 Å². The molecule has 2 saturated heterocycles. The number of anilines is 1. The summed E-state index contributed by atoms with van der Waals surface area (Å²) in [5.41, 5.74) is 7.01. The van der Waals surface area contributed by atoms with E-state index in [0.29, 0.717) is 35.3 Å². The molecule has 4 amide bonds. The van der Waals surface area contributed by atoms with Gasteiger partial charge in [-0.3, -0.25) is 19.3 Å². The van der Waals surface area contributed by atoms with Gasteiger partial charge < -0.3 is 30.7 Å². The fraction of sp³-hybridized carbons (Fsp3) is 0.321. The summed E-state index contributed by atoms with van der Waals surface area (Å²) < 4.78 is 12.2. The molecule has 9 rings (SSSR count). The number of cyclic esters (lactones) is 1. The minimum absolute atomic E-state index is 0.0433. The highest BCUT2D eigenvalue weighted by Gasteiger charge is 2.75. The zero-order chi connectivity index (χ0) is 45.3. The maximum Gasteiger partial charge on any atom is 0.329 e. The van der Waals surface area contributed by atoms with Crippen molar-refractivity contribution >= 4 is 29.5 Å². The number of aliphatic hydroxyl groups is 2. The topological polar surface area (TPSA) is 172 Å². The van der Waals surface area contributed by atoms with Crippen LogP contribution in [0.5, 0.6) is 5.75 Å². The Balaban J connectivity index is 1.30. The SMILES string of the molecule is C[C@@H](NC(=O)N1C(=O)[C@@]2(c3cc(C#CC4(O)CCCCCC4)ccc31)[C@H](c1ccc(OCCO)cc1)N1[C@H](c3ccccc3)[C@H](c3ccccc3)OC(=O)[C@H]1[C@@H]2C(N)=O)c1ccccc1. The van der Waals surface area contributed by atoms with Crippen LogP contribution in [0.4, 0.5) is 10.5 Å². The van der Waals surface area contributed by atoms with Gasteiger partial charge in [0.25, 0.3) is 0 Å². The monoisotopic (exact) mass is 872 g/mol. The number of imide groups is 1. The normalized spacial score (nSPS) is 25.0. The lowest BCUT2D eigenvalue weighted by atomic mass is 9.65. The summed E-state index contributed by atoms with van der Waals surface area (Å²) in [4.78, 5) is 63.7. The quantitative estimate of drug-likeness (QED) is 0.0684. The Labute approximate surface area is 378 Å². The highest BCUT2D eigenvalue weighted by molar-refractivity contribution is 6.24. The van der Waals surface area contributed by atoms with E-state index in [-0.39, 0.29) is 24.5 Å². The number of carbonyl (C=O) groups excluding carboxylic acids is 4. The van der Waals surface area contributed by atoms with Crippen LogP contribution in [-0.2, 0) is 24.5 Å². The molecule has 332 valence electrons. The minimum atomic E-state index is -2.03. The number of rotatable bonds is 9. The van der Waals surface area contributed by atoms with Crippen LogP contribution < -0.4 is 20.7 Å². The predicted octanol–water partition coefficient (Wildman–Crippen LogP) is 7.12. The first-order valence-electron chi connectivity index (χ1n) is 22.4. The first-order valence-corrected chi connectivity index (χ1v) is 22.4. The second-order valence-electron chi connectivity index (χ2n) is 17.5. The van der Waals surface area contributed by atoms with Crippen molar-refractivity contribution in [3.8, 4) is 17.6 Å². The number of amides is 4. The van der Waals surface area contributed by atoms with Crippen LogP contribution in [0.15, 0.2) is 133 Å². The largest absolute Gasteiger partial charge is 0.491 e. The van der Waals surface area contributed by atoms with Crippen LogP contribution in [0, 0.1) is 17.8 Å². The maximum absolute atomic E-state index is 16.3. The molecule has 7 atom stereocenters. The van der Waals surface area contributed by atoms with Gasteiger partial charge in [-0.25, -0.2) is 9.69 Å². The zero-order valence-corrected chi connectivity index (χ0v) is 36.1. The van der Waals surface area contributed by atoms with E-state index in [9.17, 15) is 19.8 Å². The van der Waals surface area contributed by atoms with E-state index in [1.54, 1.807) is 42.5 Å². The number of primary amides is 1. The van der Waals surface area contributed by atoms with Crippen LogP contribution in [0.3, 0.4) is 0 Å². The van der Waals surface area contributed by atoms with Crippen molar-refractivity contribution in [2.45, 2.75) is 86.7 Å². The van der Waals surface area contributed by atoms with Crippen molar-refractivity contribution in [1.29, 1.82) is 0 Å². The van der Waals surface area contributed by atoms with Crippen molar-refractivity contribution < 1.29 is 38.9 Å². The summed E-state index contributed by atoms with van der Waals surface area (Å²) in [6.45, 7) is 1.65. The van der Waals surface area contributed by atoms with E-state index in [2.05, 4.69) is 17.2 Å². The number of hydrogen-bond donors (Lipinski definition) is 4. The van der Waals surface area contributed by atoms with Crippen molar-refractivity contribution in [2.24, 2.45) is 11.7 Å². The number of morpholine rings is 1. The summed E-state index contributed by atoms with van der Waals surface area (Å²) in [5.74, 6) is 2.78. The van der Waals surface area contributed by atoms with E-state index in [1.165, 1.54) is 0 Å². The molecule has 12 heteroatoms. The summed E-state index contributed by atoms with van der Waals surface area (Å²) in [7, 11) is 0. The Bertz CT molecular complexity index is 2620. The molecular formula is C53H52N4O8. The van der Waals surface area contributed by atoms with Gasteiger partial charge in [0.2, 0.25) is 11.8 Å². The zero-order valence-electron chi connectivity index (χ0n) is 36.1. The second-order valence-corrected chi connectivity index (χ2v) is 17.5. The van der Waals surface area contributed by atoms with Crippen LogP contribution >= 0.6 is 0 Å². The lowest BCUT2D eigenvalue weighted by Gasteiger charge is -2.46. The fourth-order valence-electron chi connectivity index (χ4n) is 10.6. The Morgan fingerprint density at radius 3 is 2.09 bits per heavy atom. The Kier molecular flexibility index (Phi) is 12.0. The molecule has 1 spiro atoms. The van der Waals surface area contributed by atoms with Gasteiger partial charge >= 0.3 is 12.0 Å². The molecule has 3 heterocycles. The standard InChI is InChI=1S/C53H52N4O8/c1-34(36-15-7-4-8-16-36)55-51(62)56-42-26-21-35(27-30-52(63)28-13-2-3-14-29-52)33-41(42)53(50(56)61)43(48(54)59)45-49(60)65-46(38-19-11-6-12-20-38)44(37-17-9-5-10-18-37)57(45)47(53)39-22-24-40(25-23-39)64-32-31-58/h4-12,15-26,33-34,43-47,58,63H,2-3,13-14,28-29,31-32H2,1H3,(H2,54,59)(H,55,62)/t34-,43-,44-,45-,46+,47+,53-/m1/s1. The number of hydrogen-bond acceptors (Lipinski definition) is 9. The number of nitrogens with two attached hydrogens (primary N) is 1. The molecule has 1 aliphatic carbocycles. The lowest BCUT2D eigenvalue weighted by Crippen LogP contribution is -2.55. The third kappa shape index (κ3) is 7.84. The number of nitrogens with one attached hydrogen (secondary N) is 1. The smallest absolute Gasteiger partial charge is 0.329 e. The van der Waals surface area contributed by atoms with E-state index in [4.69, 9.17) is 15.2 Å². The summed E-state index contributed by atoms with van der Waals surface area (Å²) in [5, 5.41) is 24.2. The van der Waals surface area contributed by atoms with E-state index in [0.717, 1.165) is 41.7 Å². The van der Waals surface area contributed by atoms with Crippen LogP contribution in [-0.4, -0.2) is 63.8 Å². The van der Waals surface area contributed by atoms with Gasteiger partial charge in [0, 0.05) is 5.56 Å². The van der Waals surface area contributed by atoms with Crippen molar-refractivity contribution in [2.75, 3.05) is 18.1 Å². The average molecular weight is 873 g/mol. The molecular weight excluding hydrogens is 821 g/mol. The first-order chi connectivity index (χ1) is 31.6. The van der Waals surface area contributed by atoms with Crippen LogP contribution in [0.25, 0.3) is 0 Å². The number of urea groups is 1. The van der Waals surface area contributed by atoms with Gasteiger partial charge in [-0.2, -0.15) is 0 Å². The highest BCUT2D eigenvalue weighted by Crippen LogP contribution is 2.65. The second kappa shape index (κ2) is 18.0. The Morgan fingerprint density at radius 1 is 0.831 bits per heavy atom. The molecule has 12 nitrogen and oxygen atoms in total. The number of fused-ring (bicyclic) bond motifs is 3. The number of esters is 1. The Morgan fingerprint density at radius 2 is 1.46 bits per heavy atom. The minimum Gasteiger partial charge on any atom is -0.491 e. The van der Waals surface area contributed by atoms with Crippen molar-refractivity contribution in [1.82, 2.24) is 10.2 Å². The molecule has 0 bridgehead atoms. The number of benzene rings is 5. The molecule has 0 aromatic heterocycles. The molecule has 65 heavy (non-hydrogen) atoms. The third-order valence-electron chi connectivity index (χ3n) is 13.5. The van der Waals surface area contributed by atoms with E-state index >= 15 is 9.59 Å². The van der Waals surface area contributed by atoms with E-state index < -0.39 is 71.0 Å². The number of aliphatic hydroxyl groups excluding tert-OH is 1. The highest BCUT2D eigenvalue weighted by atomic mass is 16.6. The summed E-state index contributed by atoms with van der Waals surface area (Å²) in [6.07, 6.45) is 3.83. The van der Waals surface area contributed by atoms with Crippen molar-refractivity contribution in [3.63, 3.8) is 0 Å². The van der Waals surface area contributed by atoms with Gasteiger partial charge in [-0.15, -0.1) is 0 Å². The molecule has 4 aliphatic rings. The maximum atomic E-state index is 16.3. The molecule has 1 saturated carbocycles. The number of ether oxygens (including phenoxy) is 2. The van der Waals surface area contributed by atoms with Crippen LogP contribution in [0.1, 0.15) is 103 Å². The van der Waals surface area contributed by atoms with Crippen LogP contribution in [0.2, 0.25) is 0 Å². The van der Waals surface area contributed by atoms with Gasteiger partial charge in [-0.1, -0.05) is 128 Å². The third-order valence-corrected chi connectivity index (χ3v) is 13.5. The fourth-order valence-corrected chi connectivity index (χ4v) is 10.6. The molecule has 3 aliphatic heterocycles. The van der Waals surface area contributed by atoms with Gasteiger partial charge in [0.15, 0.2) is 0 Å².